The molecule has 0 spiro atoms. The maximum absolute atomic E-state index is 13.0. The lowest BCUT2D eigenvalue weighted by Gasteiger charge is -2.19. The van der Waals surface area contributed by atoms with Gasteiger partial charge in [-0.1, -0.05) is 87.1 Å². The molecule has 4 rings (SSSR count). The van der Waals surface area contributed by atoms with Crippen LogP contribution in [0.1, 0.15) is 31.9 Å². The molecule has 0 aliphatic rings. The van der Waals surface area contributed by atoms with Crippen LogP contribution in [0.4, 0.5) is 4.39 Å². The molecule has 35 heavy (non-hydrogen) atoms. The van der Waals surface area contributed by atoms with Gasteiger partial charge in [0.25, 0.3) is 5.91 Å². The number of para-hydroxylation sites is 1. The van der Waals surface area contributed by atoms with E-state index < -0.39 is 0 Å². The second kappa shape index (κ2) is 10.7. The maximum atomic E-state index is 13.0. The third kappa shape index (κ3) is 6.22. The summed E-state index contributed by atoms with van der Waals surface area (Å²) in [5.41, 5.74) is 6.31. The van der Waals surface area contributed by atoms with Gasteiger partial charge in [0, 0.05) is 11.3 Å². The lowest BCUT2D eigenvalue weighted by molar-refractivity contribution is -0.118. The first kappa shape index (κ1) is 24.3. The number of hydrazone groups is 1. The van der Waals surface area contributed by atoms with Gasteiger partial charge in [0.05, 0.1) is 12.0 Å². The molecule has 6 nitrogen and oxygen atoms in total. The standard InChI is InChI=1S/C27H26FN5OS/c1-27(2,3)21-13-11-20(12-14-21)25-31-32-26(33(25)23-7-5-4-6-8-23)35-18-24(34)30-29-17-19-9-15-22(28)16-10-19/h4-17H,18H2,1-3H3,(H,30,34). The minimum absolute atomic E-state index is 0.0548. The van der Waals surface area contributed by atoms with Gasteiger partial charge in [-0.25, -0.2) is 9.82 Å². The number of nitrogens with one attached hydrogen (secondary N) is 1. The van der Waals surface area contributed by atoms with Crippen molar-refractivity contribution in [3.8, 4) is 17.1 Å². The fourth-order valence-corrected chi connectivity index (χ4v) is 4.11. The van der Waals surface area contributed by atoms with E-state index in [0.717, 1.165) is 11.3 Å². The molecule has 1 aromatic heterocycles. The Morgan fingerprint density at radius 2 is 1.69 bits per heavy atom. The molecule has 0 atom stereocenters. The van der Waals surface area contributed by atoms with E-state index in [1.807, 2.05) is 34.9 Å². The van der Waals surface area contributed by atoms with E-state index in [9.17, 15) is 9.18 Å². The molecule has 0 bridgehead atoms. The SMILES string of the molecule is CC(C)(C)c1ccc(-c2nnc(SCC(=O)NN=Cc3ccc(F)cc3)n2-c2ccccc2)cc1. The van der Waals surface area contributed by atoms with Crippen LogP contribution in [0, 0.1) is 5.82 Å². The average molecular weight is 488 g/mol. The van der Waals surface area contributed by atoms with E-state index in [2.05, 4.69) is 65.8 Å². The Hall–Kier alpha value is -3.78. The first-order valence-corrected chi connectivity index (χ1v) is 12.1. The van der Waals surface area contributed by atoms with Crippen LogP contribution in [0.15, 0.2) is 89.1 Å². The number of rotatable bonds is 7. The molecule has 8 heteroatoms. The van der Waals surface area contributed by atoms with Crippen molar-refractivity contribution >= 4 is 23.9 Å². The Bertz CT molecular complexity index is 1310. The Morgan fingerprint density at radius 3 is 2.34 bits per heavy atom. The zero-order valence-electron chi connectivity index (χ0n) is 19.8. The predicted molar refractivity (Wildman–Crippen MR) is 138 cm³/mol. The van der Waals surface area contributed by atoms with Crippen molar-refractivity contribution in [2.75, 3.05) is 5.75 Å². The molecule has 0 fully saturated rings. The molecule has 1 N–H and O–H groups in total. The van der Waals surface area contributed by atoms with Crippen LogP contribution in [0.3, 0.4) is 0 Å². The highest BCUT2D eigenvalue weighted by Crippen LogP contribution is 2.30. The number of thioether (sulfide) groups is 1. The van der Waals surface area contributed by atoms with Crippen LogP contribution < -0.4 is 5.43 Å². The van der Waals surface area contributed by atoms with Crippen LogP contribution in [-0.4, -0.2) is 32.6 Å². The second-order valence-corrected chi connectivity index (χ2v) is 9.88. The monoisotopic (exact) mass is 487 g/mol. The van der Waals surface area contributed by atoms with Gasteiger partial charge in [0.1, 0.15) is 5.82 Å². The predicted octanol–water partition coefficient (Wildman–Crippen LogP) is 5.61. The number of hydrogen-bond acceptors (Lipinski definition) is 5. The fraction of sp³-hybridized carbons (Fsp3) is 0.185. The van der Waals surface area contributed by atoms with E-state index in [1.54, 1.807) is 12.1 Å². The van der Waals surface area contributed by atoms with E-state index in [4.69, 9.17) is 0 Å². The summed E-state index contributed by atoms with van der Waals surface area (Å²) in [6.07, 6.45) is 1.47. The summed E-state index contributed by atoms with van der Waals surface area (Å²) in [6, 6.07) is 24.0. The lowest BCUT2D eigenvalue weighted by Crippen LogP contribution is -2.20. The fourth-order valence-electron chi connectivity index (χ4n) is 3.37. The number of hydrogen-bond donors (Lipinski definition) is 1. The normalized spacial score (nSPS) is 11.7. The maximum Gasteiger partial charge on any atom is 0.250 e. The van der Waals surface area contributed by atoms with Crippen molar-refractivity contribution in [1.29, 1.82) is 0 Å². The topological polar surface area (TPSA) is 72.2 Å². The summed E-state index contributed by atoms with van der Waals surface area (Å²) < 4.78 is 14.9. The summed E-state index contributed by atoms with van der Waals surface area (Å²) in [4.78, 5) is 12.4. The third-order valence-corrected chi connectivity index (χ3v) is 6.19. The number of aromatic nitrogens is 3. The molecular weight excluding hydrogens is 461 g/mol. The average Bonchev–Trinajstić information content (AvgIpc) is 3.28. The van der Waals surface area contributed by atoms with Gasteiger partial charge in [0.15, 0.2) is 11.0 Å². The van der Waals surface area contributed by atoms with Gasteiger partial charge in [-0.15, -0.1) is 10.2 Å². The number of halogens is 1. The molecule has 4 aromatic rings. The summed E-state index contributed by atoms with van der Waals surface area (Å²) in [5, 5.41) is 13.4. The van der Waals surface area contributed by atoms with Crippen molar-refractivity contribution in [1.82, 2.24) is 20.2 Å². The minimum Gasteiger partial charge on any atom is -0.272 e. The van der Waals surface area contributed by atoms with Gasteiger partial charge in [-0.05, 0) is 40.8 Å². The van der Waals surface area contributed by atoms with E-state index in [1.165, 1.54) is 35.7 Å². The molecule has 0 aliphatic heterocycles. The van der Waals surface area contributed by atoms with Crippen molar-refractivity contribution in [3.63, 3.8) is 0 Å². The number of carbonyl (C=O) groups excluding carboxylic acids is 1. The highest BCUT2D eigenvalue weighted by molar-refractivity contribution is 7.99. The third-order valence-electron chi connectivity index (χ3n) is 5.26. The smallest absolute Gasteiger partial charge is 0.250 e. The highest BCUT2D eigenvalue weighted by Gasteiger charge is 2.19. The van der Waals surface area contributed by atoms with Crippen LogP contribution in [-0.2, 0) is 10.2 Å². The Labute approximate surface area is 208 Å². The Kier molecular flexibility index (Phi) is 7.41. The number of benzene rings is 3. The molecule has 0 aliphatic carbocycles. The molecule has 1 heterocycles. The van der Waals surface area contributed by atoms with Crippen molar-refractivity contribution in [3.05, 3.63) is 95.8 Å². The molecule has 3 aromatic carbocycles. The quantitative estimate of drug-likeness (QED) is 0.209. The Morgan fingerprint density at radius 1 is 1.00 bits per heavy atom. The summed E-state index contributed by atoms with van der Waals surface area (Å²) in [6.45, 7) is 6.54. The summed E-state index contributed by atoms with van der Waals surface area (Å²) >= 11 is 1.27. The molecule has 1 amide bonds. The van der Waals surface area contributed by atoms with E-state index in [-0.39, 0.29) is 22.9 Å². The minimum atomic E-state index is -0.324. The highest BCUT2D eigenvalue weighted by atomic mass is 32.2. The van der Waals surface area contributed by atoms with Crippen molar-refractivity contribution in [2.24, 2.45) is 5.10 Å². The summed E-state index contributed by atoms with van der Waals surface area (Å²) in [5.74, 6) is 0.199. The van der Waals surface area contributed by atoms with E-state index in [0.29, 0.717) is 16.5 Å². The summed E-state index contributed by atoms with van der Waals surface area (Å²) in [7, 11) is 0. The zero-order valence-corrected chi connectivity index (χ0v) is 20.6. The van der Waals surface area contributed by atoms with Crippen LogP contribution in [0.2, 0.25) is 0 Å². The molecule has 178 valence electrons. The largest absolute Gasteiger partial charge is 0.272 e. The second-order valence-electron chi connectivity index (χ2n) is 8.94. The Balaban J connectivity index is 1.51. The van der Waals surface area contributed by atoms with Gasteiger partial charge in [0.2, 0.25) is 0 Å². The van der Waals surface area contributed by atoms with Crippen molar-refractivity contribution < 1.29 is 9.18 Å². The van der Waals surface area contributed by atoms with Crippen LogP contribution >= 0.6 is 11.8 Å². The van der Waals surface area contributed by atoms with Crippen LogP contribution in [0.25, 0.3) is 17.1 Å². The van der Waals surface area contributed by atoms with Gasteiger partial charge < -0.3 is 0 Å². The molecule has 0 radical (unpaired) electrons. The first-order valence-electron chi connectivity index (χ1n) is 11.1. The zero-order chi connectivity index (χ0) is 24.8. The van der Waals surface area contributed by atoms with Gasteiger partial charge in [-0.2, -0.15) is 5.10 Å². The van der Waals surface area contributed by atoms with E-state index >= 15 is 0 Å². The molecular formula is C27H26FN5OS. The van der Waals surface area contributed by atoms with Crippen LogP contribution in [0.5, 0.6) is 0 Å². The number of nitrogens with zero attached hydrogens (tertiary/aromatic N) is 4. The number of carbonyl (C=O) groups is 1. The molecule has 0 unspecified atom stereocenters. The van der Waals surface area contributed by atoms with Gasteiger partial charge >= 0.3 is 0 Å². The van der Waals surface area contributed by atoms with Gasteiger partial charge in [-0.3, -0.25) is 9.36 Å². The molecule has 0 saturated carbocycles. The lowest BCUT2D eigenvalue weighted by atomic mass is 9.87. The number of amides is 1. The van der Waals surface area contributed by atoms with Crippen molar-refractivity contribution in [2.45, 2.75) is 31.3 Å². The first-order chi connectivity index (χ1) is 16.8. The molecule has 0 saturated heterocycles.